The summed E-state index contributed by atoms with van der Waals surface area (Å²) in [6, 6.07) is 4.19. The van der Waals surface area contributed by atoms with E-state index in [9.17, 15) is 0 Å². The van der Waals surface area contributed by atoms with Crippen LogP contribution >= 0.6 is 11.3 Å². The van der Waals surface area contributed by atoms with Gasteiger partial charge in [0.1, 0.15) is 12.1 Å². The smallest absolute Gasteiger partial charge is 0.218 e. The second-order valence-electron chi connectivity index (χ2n) is 4.96. The third-order valence-corrected chi connectivity index (χ3v) is 4.57. The average Bonchev–Trinajstić information content (AvgIpc) is 3.04. The molecule has 0 radical (unpaired) electrons. The van der Waals surface area contributed by atoms with Crippen LogP contribution in [-0.2, 0) is 19.4 Å². The van der Waals surface area contributed by atoms with E-state index < -0.39 is 0 Å². The molecule has 1 aliphatic rings. The van der Waals surface area contributed by atoms with Crippen molar-refractivity contribution in [2.24, 2.45) is 0 Å². The highest BCUT2D eigenvalue weighted by molar-refractivity contribution is 7.12. The molecule has 106 valence electrons. The van der Waals surface area contributed by atoms with Crippen molar-refractivity contribution < 1.29 is 4.74 Å². The summed E-state index contributed by atoms with van der Waals surface area (Å²) in [6.07, 6.45) is 6.34. The molecule has 0 unspecified atom stereocenters. The Morgan fingerprint density at radius 3 is 3.10 bits per heavy atom. The van der Waals surface area contributed by atoms with Crippen LogP contribution in [0.2, 0.25) is 0 Å². The van der Waals surface area contributed by atoms with E-state index in [2.05, 4.69) is 28.3 Å². The van der Waals surface area contributed by atoms with Crippen LogP contribution in [0.4, 0.5) is 5.82 Å². The summed E-state index contributed by atoms with van der Waals surface area (Å²) in [5.41, 5.74) is 1.54. The van der Waals surface area contributed by atoms with Gasteiger partial charge in [0, 0.05) is 15.8 Å². The van der Waals surface area contributed by atoms with Gasteiger partial charge in [0.25, 0.3) is 0 Å². The summed E-state index contributed by atoms with van der Waals surface area (Å²) in [5.74, 6) is 1.46. The van der Waals surface area contributed by atoms with E-state index in [1.807, 2.05) is 17.4 Å². The molecular formula is C15H19N3OS. The Hall–Kier alpha value is -1.62. The first kappa shape index (κ1) is 13.4. The fourth-order valence-corrected chi connectivity index (χ4v) is 3.58. The molecular weight excluding hydrogens is 270 g/mol. The number of aromatic nitrogens is 2. The summed E-state index contributed by atoms with van der Waals surface area (Å²) < 4.78 is 5.51. The van der Waals surface area contributed by atoms with Crippen LogP contribution in [0.15, 0.2) is 18.5 Å². The minimum atomic E-state index is 0.637. The number of ether oxygens (including phenoxy) is 1. The SMILES string of the molecule is CCCOc1cc(NCc2cc3c(s2)CCC3)ncn1. The number of hydrogen-bond donors (Lipinski definition) is 1. The Bertz CT molecular complexity index is 561. The molecule has 0 aromatic carbocycles. The van der Waals surface area contributed by atoms with Crippen LogP contribution in [0, 0.1) is 0 Å². The highest BCUT2D eigenvalue weighted by atomic mass is 32.1. The van der Waals surface area contributed by atoms with Crippen molar-refractivity contribution in [1.29, 1.82) is 0 Å². The molecule has 3 rings (SSSR count). The zero-order chi connectivity index (χ0) is 13.8. The maximum Gasteiger partial charge on any atom is 0.218 e. The summed E-state index contributed by atoms with van der Waals surface area (Å²) in [4.78, 5) is 11.3. The predicted molar refractivity (Wildman–Crippen MR) is 81.5 cm³/mol. The number of nitrogens with one attached hydrogen (secondary N) is 1. The van der Waals surface area contributed by atoms with Crippen molar-refractivity contribution in [3.05, 3.63) is 33.8 Å². The predicted octanol–water partition coefficient (Wildman–Crippen LogP) is 3.43. The Labute approximate surface area is 123 Å². The number of hydrogen-bond acceptors (Lipinski definition) is 5. The molecule has 0 fully saturated rings. The minimum Gasteiger partial charge on any atom is -0.478 e. The first-order valence-corrected chi connectivity index (χ1v) is 7.96. The number of thiophene rings is 1. The quantitative estimate of drug-likeness (QED) is 0.885. The van der Waals surface area contributed by atoms with Crippen LogP contribution in [0.5, 0.6) is 5.88 Å². The Balaban J connectivity index is 1.59. The normalized spacial score (nSPS) is 13.2. The second kappa shape index (κ2) is 6.22. The van der Waals surface area contributed by atoms with Gasteiger partial charge in [0.2, 0.25) is 5.88 Å². The van der Waals surface area contributed by atoms with E-state index in [1.165, 1.54) is 24.1 Å². The van der Waals surface area contributed by atoms with E-state index in [1.54, 1.807) is 16.8 Å². The molecule has 2 aromatic rings. The Kier molecular flexibility index (Phi) is 4.16. The number of anilines is 1. The van der Waals surface area contributed by atoms with Crippen molar-refractivity contribution in [2.75, 3.05) is 11.9 Å². The first-order valence-electron chi connectivity index (χ1n) is 7.14. The van der Waals surface area contributed by atoms with Crippen molar-refractivity contribution in [2.45, 2.75) is 39.2 Å². The first-order chi connectivity index (χ1) is 9.85. The van der Waals surface area contributed by atoms with Gasteiger partial charge in [-0.3, -0.25) is 0 Å². The maximum atomic E-state index is 5.51. The van der Waals surface area contributed by atoms with E-state index >= 15 is 0 Å². The lowest BCUT2D eigenvalue weighted by Crippen LogP contribution is -2.02. The number of nitrogens with zero attached hydrogens (tertiary/aromatic N) is 2. The highest BCUT2D eigenvalue weighted by Gasteiger charge is 2.14. The minimum absolute atomic E-state index is 0.637. The second-order valence-corrected chi connectivity index (χ2v) is 6.18. The molecule has 0 atom stereocenters. The summed E-state index contributed by atoms with van der Waals surface area (Å²) in [6.45, 7) is 3.59. The summed E-state index contributed by atoms with van der Waals surface area (Å²) in [7, 11) is 0. The maximum absolute atomic E-state index is 5.51. The standard InChI is InChI=1S/C15H19N3OS/c1-2-6-19-15-8-14(17-10-18-15)16-9-12-7-11-4-3-5-13(11)20-12/h7-8,10H,2-6,9H2,1H3,(H,16,17,18). The fraction of sp³-hybridized carbons (Fsp3) is 0.467. The van der Waals surface area contributed by atoms with Crippen LogP contribution in [0.1, 0.15) is 35.1 Å². The lowest BCUT2D eigenvalue weighted by molar-refractivity contribution is 0.305. The third kappa shape index (κ3) is 3.10. The van der Waals surface area contributed by atoms with Crippen molar-refractivity contribution in [1.82, 2.24) is 9.97 Å². The van der Waals surface area contributed by atoms with E-state index in [-0.39, 0.29) is 0 Å². The summed E-state index contributed by atoms with van der Waals surface area (Å²) >= 11 is 1.92. The number of fused-ring (bicyclic) bond motifs is 1. The zero-order valence-electron chi connectivity index (χ0n) is 11.7. The van der Waals surface area contributed by atoms with Crippen molar-refractivity contribution in [3.8, 4) is 5.88 Å². The molecule has 0 saturated heterocycles. The van der Waals surface area contributed by atoms with Crippen LogP contribution in [0.3, 0.4) is 0 Å². The fourth-order valence-electron chi connectivity index (χ4n) is 2.38. The monoisotopic (exact) mass is 289 g/mol. The topological polar surface area (TPSA) is 47.0 Å². The molecule has 1 N–H and O–H groups in total. The Morgan fingerprint density at radius 2 is 2.25 bits per heavy atom. The van der Waals surface area contributed by atoms with Gasteiger partial charge >= 0.3 is 0 Å². The lowest BCUT2D eigenvalue weighted by Gasteiger charge is -2.06. The molecule has 0 amide bonds. The van der Waals surface area contributed by atoms with Crippen LogP contribution in [0.25, 0.3) is 0 Å². The third-order valence-electron chi connectivity index (χ3n) is 3.34. The molecule has 1 aliphatic carbocycles. The van der Waals surface area contributed by atoms with Gasteiger partial charge in [0.15, 0.2) is 0 Å². The average molecular weight is 289 g/mol. The van der Waals surface area contributed by atoms with Gasteiger partial charge in [0.05, 0.1) is 13.2 Å². The number of aryl methyl sites for hydroxylation is 2. The molecule has 2 aromatic heterocycles. The van der Waals surface area contributed by atoms with Gasteiger partial charge < -0.3 is 10.1 Å². The van der Waals surface area contributed by atoms with Gasteiger partial charge in [-0.05, 0) is 37.3 Å². The van der Waals surface area contributed by atoms with Gasteiger partial charge in [-0.25, -0.2) is 9.97 Å². The van der Waals surface area contributed by atoms with E-state index in [4.69, 9.17) is 4.74 Å². The summed E-state index contributed by atoms with van der Waals surface area (Å²) in [5, 5.41) is 3.35. The van der Waals surface area contributed by atoms with E-state index in [0.717, 1.165) is 18.8 Å². The van der Waals surface area contributed by atoms with Crippen LogP contribution < -0.4 is 10.1 Å². The van der Waals surface area contributed by atoms with Crippen LogP contribution in [-0.4, -0.2) is 16.6 Å². The van der Waals surface area contributed by atoms with Gasteiger partial charge in [-0.2, -0.15) is 0 Å². The largest absolute Gasteiger partial charge is 0.478 e. The number of rotatable bonds is 6. The molecule has 4 nitrogen and oxygen atoms in total. The molecule has 20 heavy (non-hydrogen) atoms. The highest BCUT2D eigenvalue weighted by Crippen LogP contribution is 2.30. The molecule has 2 heterocycles. The molecule has 0 saturated carbocycles. The zero-order valence-corrected chi connectivity index (χ0v) is 12.5. The van der Waals surface area contributed by atoms with Crippen molar-refractivity contribution in [3.63, 3.8) is 0 Å². The Morgan fingerprint density at radius 1 is 1.30 bits per heavy atom. The molecule has 0 bridgehead atoms. The van der Waals surface area contributed by atoms with Gasteiger partial charge in [-0.1, -0.05) is 6.92 Å². The lowest BCUT2D eigenvalue weighted by atomic mass is 10.2. The molecule has 5 heteroatoms. The molecule has 0 spiro atoms. The van der Waals surface area contributed by atoms with Gasteiger partial charge in [-0.15, -0.1) is 11.3 Å². The van der Waals surface area contributed by atoms with Crippen molar-refractivity contribution >= 4 is 17.2 Å². The molecule has 0 aliphatic heterocycles. The van der Waals surface area contributed by atoms with E-state index in [0.29, 0.717) is 12.5 Å².